The Bertz CT molecular complexity index is 360. The quantitative estimate of drug-likeness (QED) is 0.529. The van der Waals surface area contributed by atoms with Gasteiger partial charge in [0.1, 0.15) is 3.70 Å². The fourth-order valence-corrected chi connectivity index (χ4v) is 3.08. The summed E-state index contributed by atoms with van der Waals surface area (Å²) in [5.74, 6) is 0. The maximum Gasteiger partial charge on any atom is 0.126 e. The van der Waals surface area contributed by atoms with Gasteiger partial charge < -0.3 is 0 Å². The van der Waals surface area contributed by atoms with Crippen LogP contribution in [-0.2, 0) is 18.4 Å². The van der Waals surface area contributed by atoms with Crippen LogP contribution in [0, 0.1) is 3.70 Å². The summed E-state index contributed by atoms with van der Waals surface area (Å²) in [6.45, 7) is 6.71. The first-order valence-electron chi connectivity index (χ1n) is 5.77. The van der Waals surface area contributed by atoms with Crippen molar-refractivity contribution in [2.45, 2.75) is 58.4 Å². The molecule has 1 aliphatic carbocycles. The van der Waals surface area contributed by atoms with E-state index < -0.39 is 0 Å². The van der Waals surface area contributed by atoms with E-state index in [4.69, 9.17) is 5.10 Å². The molecule has 3 heteroatoms. The second kappa shape index (κ2) is 4.07. The maximum absolute atomic E-state index is 4.71. The van der Waals surface area contributed by atoms with Gasteiger partial charge in [-0.25, -0.2) is 0 Å². The number of rotatable bonds is 0. The molecule has 0 saturated heterocycles. The molecule has 0 N–H and O–H groups in total. The Hall–Kier alpha value is -0.0600. The smallest absolute Gasteiger partial charge is 0.126 e. The normalized spacial score (nSPS) is 17.3. The van der Waals surface area contributed by atoms with Crippen LogP contribution in [0.15, 0.2) is 0 Å². The van der Waals surface area contributed by atoms with E-state index in [-0.39, 0.29) is 5.54 Å². The van der Waals surface area contributed by atoms with Crippen LogP contribution in [0.4, 0.5) is 0 Å². The average Bonchev–Trinajstić information content (AvgIpc) is 2.37. The van der Waals surface area contributed by atoms with Crippen molar-refractivity contribution in [3.63, 3.8) is 0 Å². The molecule has 0 amide bonds. The monoisotopic (exact) mass is 318 g/mol. The lowest BCUT2D eigenvalue weighted by atomic mass is 10.1. The molecule has 1 heterocycles. The van der Waals surface area contributed by atoms with Crippen LogP contribution in [0.5, 0.6) is 0 Å². The first kappa shape index (κ1) is 11.4. The van der Waals surface area contributed by atoms with Crippen molar-refractivity contribution in [3.8, 4) is 0 Å². The van der Waals surface area contributed by atoms with Gasteiger partial charge in [0.2, 0.25) is 0 Å². The molecule has 84 valence electrons. The van der Waals surface area contributed by atoms with Crippen molar-refractivity contribution in [1.29, 1.82) is 0 Å². The molecule has 0 fully saturated rings. The first-order valence-corrected chi connectivity index (χ1v) is 6.85. The molecule has 0 bridgehead atoms. The Labute approximate surface area is 106 Å². The second-order valence-electron chi connectivity index (χ2n) is 5.36. The summed E-state index contributed by atoms with van der Waals surface area (Å²) in [5, 5.41) is 4.71. The fourth-order valence-electron chi connectivity index (χ4n) is 2.29. The summed E-state index contributed by atoms with van der Waals surface area (Å²) < 4.78 is 3.47. The number of hydrogen-bond acceptors (Lipinski definition) is 1. The van der Waals surface area contributed by atoms with E-state index in [2.05, 4.69) is 48.0 Å². The third kappa shape index (κ3) is 2.22. The third-order valence-electron chi connectivity index (χ3n) is 3.02. The lowest BCUT2D eigenvalue weighted by Gasteiger charge is -2.22. The zero-order chi connectivity index (χ0) is 11.1. The van der Waals surface area contributed by atoms with E-state index in [1.165, 1.54) is 47.1 Å². The minimum Gasteiger partial charge on any atom is -0.263 e. The minimum absolute atomic E-state index is 0.123. The number of halogens is 1. The number of aromatic nitrogens is 2. The van der Waals surface area contributed by atoms with Gasteiger partial charge in [0.15, 0.2) is 0 Å². The molecule has 0 spiro atoms. The fraction of sp³-hybridized carbons (Fsp3) is 0.750. The highest BCUT2D eigenvalue weighted by Gasteiger charge is 2.24. The maximum atomic E-state index is 4.71. The number of fused-ring (bicyclic) bond motifs is 1. The molecule has 0 radical (unpaired) electrons. The van der Waals surface area contributed by atoms with Crippen LogP contribution in [0.1, 0.15) is 51.3 Å². The Morgan fingerprint density at radius 2 is 1.80 bits per heavy atom. The number of hydrogen-bond donors (Lipinski definition) is 0. The van der Waals surface area contributed by atoms with Crippen molar-refractivity contribution < 1.29 is 0 Å². The SMILES string of the molecule is CC(C)(C)n1nc(I)c2c1CCCCC2. The molecule has 1 aromatic heterocycles. The number of nitrogens with zero attached hydrogens (tertiary/aromatic N) is 2. The minimum atomic E-state index is 0.123. The Balaban J connectivity index is 2.49. The summed E-state index contributed by atoms with van der Waals surface area (Å²) in [6, 6.07) is 0. The molecule has 0 saturated carbocycles. The van der Waals surface area contributed by atoms with Crippen LogP contribution in [0.2, 0.25) is 0 Å². The van der Waals surface area contributed by atoms with Crippen LogP contribution < -0.4 is 0 Å². The van der Waals surface area contributed by atoms with Crippen molar-refractivity contribution in [2.24, 2.45) is 0 Å². The molecule has 15 heavy (non-hydrogen) atoms. The predicted molar refractivity (Wildman–Crippen MR) is 71.2 cm³/mol. The molecule has 0 aromatic carbocycles. The van der Waals surface area contributed by atoms with E-state index in [1.807, 2.05) is 0 Å². The van der Waals surface area contributed by atoms with Crippen molar-refractivity contribution in [2.75, 3.05) is 0 Å². The summed E-state index contributed by atoms with van der Waals surface area (Å²) in [5.41, 5.74) is 3.13. The average molecular weight is 318 g/mol. The van der Waals surface area contributed by atoms with Gasteiger partial charge in [-0.1, -0.05) is 6.42 Å². The van der Waals surface area contributed by atoms with Gasteiger partial charge in [-0.05, 0) is 69.0 Å². The van der Waals surface area contributed by atoms with E-state index in [9.17, 15) is 0 Å². The zero-order valence-corrected chi connectivity index (χ0v) is 12.0. The molecule has 0 aliphatic heterocycles. The largest absolute Gasteiger partial charge is 0.263 e. The van der Waals surface area contributed by atoms with Gasteiger partial charge in [0, 0.05) is 11.3 Å². The molecule has 2 nitrogen and oxygen atoms in total. The first-order chi connectivity index (χ1) is 7.00. The molecule has 0 atom stereocenters. The summed E-state index contributed by atoms with van der Waals surface area (Å²) in [7, 11) is 0. The van der Waals surface area contributed by atoms with Crippen molar-refractivity contribution in [3.05, 3.63) is 15.0 Å². The molecule has 1 aliphatic rings. The van der Waals surface area contributed by atoms with Crippen LogP contribution >= 0.6 is 22.6 Å². The Kier molecular flexibility index (Phi) is 3.10. The van der Waals surface area contributed by atoms with Crippen molar-refractivity contribution in [1.82, 2.24) is 9.78 Å². The highest BCUT2D eigenvalue weighted by atomic mass is 127. The van der Waals surface area contributed by atoms with E-state index >= 15 is 0 Å². The van der Waals surface area contributed by atoms with E-state index in [0.29, 0.717) is 0 Å². The van der Waals surface area contributed by atoms with Crippen LogP contribution in [0.25, 0.3) is 0 Å². The summed E-state index contributed by atoms with van der Waals surface area (Å²) in [4.78, 5) is 0. The van der Waals surface area contributed by atoms with Crippen LogP contribution in [0.3, 0.4) is 0 Å². The highest BCUT2D eigenvalue weighted by Crippen LogP contribution is 2.28. The van der Waals surface area contributed by atoms with Crippen molar-refractivity contribution >= 4 is 22.6 Å². The molecule has 1 aromatic rings. The molecular formula is C12H19IN2. The van der Waals surface area contributed by atoms with Gasteiger partial charge in [-0.15, -0.1) is 0 Å². The third-order valence-corrected chi connectivity index (χ3v) is 3.88. The molecule has 2 rings (SSSR count). The van der Waals surface area contributed by atoms with E-state index in [0.717, 1.165) is 0 Å². The molecular weight excluding hydrogens is 299 g/mol. The van der Waals surface area contributed by atoms with E-state index in [1.54, 1.807) is 0 Å². The van der Waals surface area contributed by atoms with Gasteiger partial charge in [0.05, 0.1) is 5.54 Å². The second-order valence-corrected chi connectivity index (χ2v) is 6.38. The van der Waals surface area contributed by atoms with Gasteiger partial charge in [0.25, 0.3) is 0 Å². The summed E-state index contributed by atoms with van der Waals surface area (Å²) in [6.07, 6.45) is 6.46. The lowest BCUT2D eigenvalue weighted by Crippen LogP contribution is -2.25. The Morgan fingerprint density at radius 1 is 1.13 bits per heavy atom. The zero-order valence-electron chi connectivity index (χ0n) is 9.81. The topological polar surface area (TPSA) is 17.8 Å². The standard InChI is InChI=1S/C12H19IN2/c1-12(2,3)15-10-8-6-4-5-7-9(10)11(13)14-15/h4-8H2,1-3H3. The van der Waals surface area contributed by atoms with Gasteiger partial charge >= 0.3 is 0 Å². The van der Waals surface area contributed by atoms with Gasteiger partial charge in [-0.2, -0.15) is 5.10 Å². The summed E-state index contributed by atoms with van der Waals surface area (Å²) >= 11 is 2.39. The van der Waals surface area contributed by atoms with Crippen LogP contribution in [-0.4, -0.2) is 9.78 Å². The molecule has 0 unspecified atom stereocenters. The Morgan fingerprint density at radius 3 is 2.47 bits per heavy atom. The highest BCUT2D eigenvalue weighted by molar-refractivity contribution is 14.1. The lowest BCUT2D eigenvalue weighted by molar-refractivity contribution is 0.341. The van der Waals surface area contributed by atoms with Gasteiger partial charge in [-0.3, -0.25) is 4.68 Å². The predicted octanol–water partition coefficient (Wildman–Crippen LogP) is 3.51.